The summed E-state index contributed by atoms with van der Waals surface area (Å²) < 4.78 is 38.3. The Bertz CT molecular complexity index is 2440. The number of nitrogens with zero attached hydrogens (tertiary/aromatic N) is 6. The van der Waals surface area contributed by atoms with E-state index in [4.69, 9.17) is 4.74 Å². The zero-order chi connectivity index (χ0) is 36.7. The van der Waals surface area contributed by atoms with Crippen LogP contribution in [0.4, 0.5) is 13.6 Å². The Morgan fingerprint density at radius 1 is 0.942 bits per heavy atom. The number of aromatic nitrogens is 5. The van der Waals surface area contributed by atoms with Crippen molar-refractivity contribution >= 4 is 29.1 Å². The molecule has 0 saturated heterocycles. The number of halogens is 2. The largest absolute Gasteiger partial charge is 0.444 e. The molecule has 1 aliphatic rings. The third kappa shape index (κ3) is 6.85. The van der Waals surface area contributed by atoms with Gasteiger partial charge in [-0.15, -0.1) is 0 Å². The van der Waals surface area contributed by atoms with Crippen LogP contribution in [0.15, 0.2) is 94.9 Å². The van der Waals surface area contributed by atoms with Gasteiger partial charge in [0.1, 0.15) is 29.2 Å². The third-order valence-corrected chi connectivity index (χ3v) is 9.27. The highest BCUT2D eigenvalue weighted by atomic mass is 19.1. The van der Waals surface area contributed by atoms with E-state index in [9.17, 15) is 28.0 Å². The van der Waals surface area contributed by atoms with Crippen LogP contribution in [0.1, 0.15) is 68.5 Å². The van der Waals surface area contributed by atoms with Crippen molar-refractivity contribution in [1.82, 2.24) is 28.4 Å². The van der Waals surface area contributed by atoms with Crippen LogP contribution in [-0.2, 0) is 11.3 Å². The van der Waals surface area contributed by atoms with Gasteiger partial charge in [-0.05, 0) is 87.9 Å². The van der Waals surface area contributed by atoms with Gasteiger partial charge in [-0.2, -0.15) is 0 Å². The van der Waals surface area contributed by atoms with E-state index in [0.717, 1.165) is 29.7 Å². The van der Waals surface area contributed by atoms with E-state index < -0.39 is 40.6 Å². The van der Waals surface area contributed by atoms with Crippen molar-refractivity contribution in [3.05, 3.63) is 129 Å². The molecule has 13 heteroatoms. The van der Waals surface area contributed by atoms with Crippen LogP contribution in [0.2, 0.25) is 0 Å². The molecule has 52 heavy (non-hydrogen) atoms. The normalized spacial score (nSPS) is 16.2. The summed E-state index contributed by atoms with van der Waals surface area (Å²) in [5.74, 6) is -1.13. The van der Waals surface area contributed by atoms with Gasteiger partial charge in [0.15, 0.2) is 5.65 Å². The summed E-state index contributed by atoms with van der Waals surface area (Å²) in [6.07, 6.45) is 5.78. The summed E-state index contributed by atoms with van der Waals surface area (Å²) >= 11 is 0. The maximum atomic E-state index is 14.6. The van der Waals surface area contributed by atoms with Gasteiger partial charge in [0, 0.05) is 30.0 Å². The minimum atomic E-state index is -0.766. The van der Waals surface area contributed by atoms with Gasteiger partial charge in [-0.1, -0.05) is 36.4 Å². The molecule has 1 saturated carbocycles. The molecule has 0 atom stereocenters. The monoisotopic (exact) mass is 706 g/mol. The highest BCUT2D eigenvalue weighted by Gasteiger charge is 2.34. The Morgan fingerprint density at radius 2 is 1.69 bits per heavy atom. The maximum Gasteiger partial charge on any atom is 0.410 e. The van der Waals surface area contributed by atoms with E-state index in [0.29, 0.717) is 48.3 Å². The highest BCUT2D eigenvalue weighted by Crippen LogP contribution is 2.32. The molecular weight excluding hydrogens is 670 g/mol. The van der Waals surface area contributed by atoms with Crippen LogP contribution in [0, 0.1) is 11.6 Å². The van der Waals surface area contributed by atoms with E-state index in [1.807, 2.05) is 6.07 Å². The smallest absolute Gasteiger partial charge is 0.410 e. The van der Waals surface area contributed by atoms with Gasteiger partial charge < -0.3 is 9.14 Å². The lowest BCUT2D eigenvalue weighted by Crippen LogP contribution is -2.47. The van der Waals surface area contributed by atoms with E-state index in [-0.39, 0.29) is 23.6 Å². The number of pyridine rings is 2. The molecular formula is C39H36F2N6O5. The molecule has 0 N–H and O–H groups in total. The summed E-state index contributed by atoms with van der Waals surface area (Å²) in [5.41, 5.74) is 1.59. The number of rotatable bonds is 7. The molecule has 0 unspecified atom stereocenters. The van der Waals surface area contributed by atoms with Crippen LogP contribution in [-0.4, -0.2) is 52.4 Å². The Balaban J connectivity index is 1.22. The fraction of sp³-hybridized carbons (Fsp3) is 0.282. The standard InChI is InChI=1S/C39H36F2N6O5/c1-39(2,3)52-38(51)45(22-29-21-44-20-27(40)11-16-34(44)43-29)30-12-14-31(15-13-30)47-36(49)33-18-28(41)19-42-35(33)46(37(47)50)32-6-4-5-26(17-32)25-9-7-24(23-48)8-10-25/h4-11,16-21,23,30-31H,12-15,22H2,1-3H3/t30-,31+. The van der Waals surface area contributed by atoms with Crippen molar-refractivity contribution in [2.24, 2.45) is 0 Å². The van der Waals surface area contributed by atoms with Crippen LogP contribution in [0.3, 0.4) is 0 Å². The topological polar surface area (TPSA) is 121 Å². The zero-order valence-corrected chi connectivity index (χ0v) is 28.8. The van der Waals surface area contributed by atoms with E-state index in [1.54, 1.807) is 84.8 Å². The lowest BCUT2D eigenvalue weighted by atomic mass is 9.90. The second-order valence-corrected chi connectivity index (χ2v) is 14.0. The summed E-state index contributed by atoms with van der Waals surface area (Å²) in [6, 6.07) is 17.2. The molecule has 1 fully saturated rings. The minimum Gasteiger partial charge on any atom is -0.444 e. The second-order valence-electron chi connectivity index (χ2n) is 14.0. The molecule has 7 rings (SSSR count). The number of benzene rings is 2. The van der Waals surface area contributed by atoms with Gasteiger partial charge in [0.2, 0.25) is 0 Å². The van der Waals surface area contributed by atoms with Crippen molar-refractivity contribution in [3.8, 4) is 16.8 Å². The maximum absolute atomic E-state index is 14.6. The van der Waals surface area contributed by atoms with Gasteiger partial charge in [-0.3, -0.25) is 19.1 Å². The number of carbonyl (C=O) groups excluding carboxylic acids is 2. The Hall–Kier alpha value is -5.98. The average molecular weight is 707 g/mol. The second kappa shape index (κ2) is 13.6. The van der Waals surface area contributed by atoms with Crippen LogP contribution < -0.4 is 11.2 Å². The van der Waals surface area contributed by atoms with Crippen molar-refractivity contribution in [3.63, 3.8) is 0 Å². The minimum absolute atomic E-state index is 0.0261. The molecule has 2 aromatic carbocycles. The number of hydrogen-bond donors (Lipinski definition) is 0. The molecule has 11 nitrogen and oxygen atoms in total. The van der Waals surface area contributed by atoms with Crippen molar-refractivity contribution in [2.45, 2.75) is 70.7 Å². The summed E-state index contributed by atoms with van der Waals surface area (Å²) in [5, 5.41) is -0.0406. The van der Waals surface area contributed by atoms with Crippen LogP contribution >= 0.6 is 0 Å². The summed E-state index contributed by atoms with van der Waals surface area (Å²) in [4.78, 5) is 63.4. The number of aldehydes is 1. The fourth-order valence-electron chi connectivity index (χ4n) is 6.88. The number of hydrogen-bond acceptors (Lipinski definition) is 7. The molecule has 1 amide bonds. The first-order valence-electron chi connectivity index (χ1n) is 17.0. The first-order valence-corrected chi connectivity index (χ1v) is 17.0. The molecule has 0 bridgehead atoms. The molecule has 0 radical (unpaired) electrons. The molecule has 6 aromatic rings. The Morgan fingerprint density at radius 3 is 2.40 bits per heavy atom. The third-order valence-electron chi connectivity index (χ3n) is 9.27. The summed E-state index contributed by atoms with van der Waals surface area (Å²) in [7, 11) is 0. The SMILES string of the molecule is CC(C)(C)OC(=O)N(Cc1cn2cc(F)ccc2n1)[C@H]1CC[C@@H](n2c(=O)c3cc(F)cnc3n(-c3cccc(-c4ccc(C=O)cc4)c3)c2=O)CC1. The predicted octanol–water partition coefficient (Wildman–Crippen LogP) is 6.87. The zero-order valence-electron chi connectivity index (χ0n) is 28.8. The van der Waals surface area contributed by atoms with E-state index in [1.165, 1.54) is 21.4 Å². The Labute approximate surface area is 296 Å². The highest BCUT2D eigenvalue weighted by molar-refractivity contribution is 5.78. The number of fused-ring (bicyclic) bond motifs is 2. The van der Waals surface area contributed by atoms with Gasteiger partial charge in [0.05, 0.1) is 29.5 Å². The number of imidazole rings is 1. The van der Waals surface area contributed by atoms with Gasteiger partial charge in [-0.25, -0.2) is 32.9 Å². The molecule has 266 valence electrons. The molecule has 0 spiro atoms. The number of amides is 1. The van der Waals surface area contributed by atoms with Crippen LogP contribution in [0.5, 0.6) is 0 Å². The molecule has 1 aliphatic carbocycles. The van der Waals surface area contributed by atoms with E-state index in [2.05, 4.69) is 9.97 Å². The van der Waals surface area contributed by atoms with Crippen molar-refractivity contribution < 1.29 is 23.1 Å². The van der Waals surface area contributed by atoms with Crippen molar-refractivity contribution in [2.75, 3.05) is 0 Å². The average Bonchev–Trinajstić information content (AvgIpc) is 3.52. The van der Waals surface area contributed by atoms with E-state index >= 15 is 0 Å². The van der Waals surface area contributed by atoms with Crippen molar-refractivity contribution in [1.29, 1.82) is 0 Å². The Kier molecular flexibility index (Phi) is 9.03. The summed E-state index contributed by atoms with van der Waals surface area (Å²) in [6.45, 7) is 5.44. The molecule has 0 aliphatic heterocycles. The van der Waals surface area contributed by atoms with Crippen LogP contribution in [0.25, 0.3) is 33.5 Å². The molecule has 4 heterocycles. The lowest BCUT2D eigenvalue weighted by Gasteiger charge is -2.37. The fourth-order valence-corrected chi connectivity index (χ4v) is 6.88. The lowest BCUT2D eigenvalue weighted by molar-refractivity contribution is 0.00781. The first kappa shape index (κ1) is 34.5. The number of carbonyl (C=O) groups is 2. The van der Waals surface area contributed by atoms with Gasteiger partial charge >= 0.3 is 11.8 Å². The van der Waals surface area contributed by atoms with Gasteiger partial charge in [0.25, 0.3) is 5.56 Å². The first-order chi connectivity index (χ1) is 24.9. The number of ether oxygens (including phenoxy) is 1. The predicted molar refractivity (Wildman–Crippen MR) is 191 cm³/mol. The quantitative estimate of drug-likeness (QED) is 0.166. The molecule has 4 aromatic heterocycles.